The van der Waals surface area contributed by atoms with E-state index in [0.29, 0.717) is 12.1 Å². The van der Waals surface area contributed by atoms with Crippen LogP contribution in [-0.4, -0.2) is 21.9 Å². The van der Waals surface area contributed by atoms with Gasteiger partial charge in [-0.2, -0.15) is 8.42 Å². The van der Waals surface area contributed by atoms with E-state index < -0.39 is 14.7 Å². The van der Waals surface area contributed by atoms with Gasteiger partial charge in [-0.05, 0) is 29.3 Å². The lowest BCUT2D eigenvalue weighted by Gasteiger charge is -2.25. The van der Waals surface area contributed by atoms with Crippen LogP contribution in [0.25, 0.3) is 5.57 Å². The SMILES string of the molecule is NC1=CC=C(c2ccc(N)cc2)CC1(Cl)Cl.O=S(=O)(O)O. The summed E-state index contributed by atoms with van der Waals surface area (Å²) in [5.41, 5.74) is 14.7. The zero-order valence-electron chi connectivity index (χ0n) is 10.7. The fourth-order valence-electron chi connectivity index (χ4n) is 1.61. The predicted molar refractivity (Wildman–Crippen MR) is 84.3 cm³/mol. The summed E-state index contributed by atoms with van der Waals surface area (Å²) >= 11 is 12.2. The van der Waals surface area contributed by atoms with Crippen LogP contribution in [0.3, 0.4) is 0 Å². The van der Waals surface area contributed by atoms with Crippen LogP contribution in [0.1, 0.15) is 12.0 Å². The van der Waals surface area contributed by atoms with Gasteiger partial charge in [0.2, 0.25) is 0 Å². The Hall–Kier alpha value is -1.25. The second-order valence-corrected chi connectivity index (χ2v) is 6.64. The molecule has 0 heterocycles. The summed E-state index contributed by atoms with van der Waals surface area (Å²) in [6.45, 7) is 0. The first-order valence-corrected chi connectivity index (χ1v) is 7.75. The molecule has 0 saturated heterocycles. The summed E-state index contributed by atoms with van der Waals surface area (Å²) in [5.74, 6) is 0. The van der Waals surface area contributed by atoms with E-state index >= 15 is 0 Å². The molecule has 0 fully saturated rings. The van der Waals surface area contributed by atoms with Gasteiger partial charge in [-0.15, -0.1) is 0 Å². The molecular weight excluding hydrogens is 339 g/mol. The minimum Gasteiger partial charge on any atom is -0.400 e. The molecule has 0 saturated carbocycles. The number of halogens is 2. The number of hydrogen-bond donors (Lipinski definition) is 4. The molecular formula is C12H14Cl2N2O4S. The molecule has 0 aliphatic heterocycles. The normalized spacial score (nSPS) is 17.1. The van der Waals surface area contributed by atoms with E-state index in [0.717, 1.165) is 16.8 Å². The number of nitrogens with two attached hydrogens (primary N) is 2. The summed E-state index contributed by atoms with van der Waals surface area (Å²) in [6.07, 6.45) is 4.18. The molecule has 1 aromatic carbocycles. The third kappa shape index (κ3) is 6.36. The number of rotatable bonds is 1. The van der Waals surface area contributed by atoms with E-state index in [4.69, 9.17) is 52.2 Å². The van der Waals surface area contributed by atoms with Crippen LogP contribution in [0.4, 0.5) is 5.69 Å². The van der Waals surface area contributed by atoms with Gasteiger partial charge >= 0.3 is 10.4 Å². The largest absolute Gasteiger partial charge is 0.400 e. The van der Waals surface area contributed by atoms with E-state index in [1.807, 2.05) is 30.3 Å². The average Bonchev–Trinajstić information content (AvgIpc) is 2.31. The first kappa shape index (κ1) is 17.8. The van der Waals surface area contributed by atoms with Crippen molar-refractivity contribution in [1.82, 2.24) is 0 Å². The van der Waals surface area contributed by atoms with Gasteiger partial charge in [-0.25, -0.2) is 0 Å². The highest BCUT2D eigenvalue weighted by Crippen LogP contribution is 2.40. The first-order chi connectivity index (χ1) is 9.49. The monoisotopic (exact) mass is 352 g/mol. The van der Waals surface area contributed by atoms with Crippen molar-refractivity contribution in [3.8, 4) is 0 Å². The molecule has 116 valence electrons. The number of anilines is 1. The Balaban J connectivity index is 0.000000383. The van der Waals surface area contributed by atoms with E-state index in [9.17, 15) is 0 Å². The van der Waals surface area contributed by atoms with E-state index in [-0.39, 0.29) is 0 Å². The number of allylic oxidation sites excluding steroid dienone is 4. The number of alkyl halides is 2. The van der Waals surface area contributed by atoms with Crippen molar-refractivity contribution in [1.29, 1.82) is 0 Å². The Morgan fingerprint density at radius 1 is 1.05 bits per heavy atom. The molecule has 0 atom stereocenters. The number of nitrogen functional groups attached to an aromatic ring is 1. The van der Waals surface area contributed by atoms with Crippen LogP contribution in [0.5, 0.6) is 0 Å². The van der Waals surface area contributed by atoms with Gasteiger partial charge in [0.05, 0.1) is 0 Å². The summed E-state index contributed by atoms with van der Waals surface area (Å²) in [5, 5.41) is 0. The van der Waals surface area contributed by atoms with Gasteiger partial charge in [0, 0.05) is 17.8 Å². The predicted octanol–water partition coefficient (Wildman–Crippen LogP) is 2.42. The third-order valence-electron chi connectivity index (χ3n) is 2.58. The van der Waals surface area contributed by atoms with Crippen LogP contribution < -0.4 is 11.5 Å². The third-order valence-corrected chi connectivity index (χ3v) is 3.28. The molecule has 6 nitrogen and oxygen atoms in total. The molecule has 0 amide bonds. The van der Waals surface area contributed by atoms with E-state index in [1.54, 1.807) is 6.08 Å². The molecule has 1 aliphatic carbocycles. The molecule has 0 radical (unpaired) electrons. The number of hydrogen-bond acceptors (Lipinski definition) is 4. The van der Waals surface area contributed by atoms with Gasteiger partial charge in [0.1, 0.15) is 0 Å². The summed E-state index contributed by atoms with van der Waals surface area (Å²) in [6, 6.07) is 7.59. The van der Waals surface area contributed by atoms with Gasteiger partial charge < -0.3 is 11.5 Å². The van der Waals surface area contributed by atoms with Crippen molar-refractivity contribution in [3.05, 3.63) is 47.7 Å². The Morgan fingerprint density at radius 3 is 1.95 bits per heavy atom. The topological polar surface area (TPSA) is 127 Å². The average molecular weight is 353 g/mol. The van der Waals surface area contributed by atoms with Gasteiger partial charge in [-0.1, -0.05) is 41.4 Å². The molecule has 0 aromatic heterocycles. The zero-order chi connectivity index (χ0) is 16.3. The lowest BCUT2D eigenvalue weighted by atomic mass is 9.95. The number of benzene rings is 1. The van der Waals surface area contributed by atoms with Crippen LogP contribution >= 0.6 is 23.2 Å². The molecule has 6 N–H and O–H groups in total. The highest BCUT2D eigenvalue weighted by molar-refractivity contribution is 7.79. The van der Waals surface area contributed by atoms with Gasteiger partial charge in [0.15, 0.2) is 4.33 Å². The quantitative estimate of drug-likeness (QED) is 0.349. The molecule has 9 heteroatoms. The van der Waals surface area contributed by atoms with Crippen molar-refractivity contribution in [2.75, 3.05) is 5.73 Å². The first-order valence-electron chi connectivity index (χ1n) is 5.59. The Bertz CT molecular complexity index is 659. The second kappa shape index (κ2) is 6.67. The highest BCUT2D eigenvalue weighted by atomic mass is 35.5. The summed E-state index contributed by atoms with van der Waals surface area (Å²) < 4.78 is 30.6. The lowest BCUT2D eigenvalue weighted by molar-refractivity contribution is 0.381. The molecule has 1 aromatic rings. The molecule has 0 spiro atoms. The molecule has 2 rings (SSSR count). The fraction of sp³-hybridized carbons (Fsp3) is 0.167. The maximum Gasteiger partial charge on any atom is 0.394 e. The lowest BCUT2D eigenvalue weighted by Crippen LogP contribution is -2.25. The van der Waals surface area contributed by atoms with E-state index in [2.05, 4.69) is 0 Å². The molecule has 21 heavy (non-hydrogen) atoms. The summed E-state index contributed by atoms with van der Waals surface area (Å²) in [4.78, 5) is 0. The Morgan fingerprint density at radius 2 is 1.52 bits per heavy atom. The molecule has 0 bridgehead atoms. The second-order valence-electron chi connectivity index (χ2n) is 4.26. The Kier molecular flexibility index (Phi) is 5.66. The molecule has 1 aliphatic rings. The van der Waals surface area contributed by atoms with Crippen molar-refractivity contribution in [3.63, 3.8) is 0 Å². The highest BCUT2D eigenvalue weighted by Gasteiger charge is 2.31. The van der Waals surface area contributed by atoms with Crippen molar-refractivity contribution < 1.29 is 17.5 Å². The van der Waals surface area contributed by atoms with Crippen LogP contribution in [0.2, 0.25) is 0 Å². The van der Waals surface area contributed by atoms with Crippen LogP contribution in [0.15, 0.2) is 42.1 Å². The minimum absolute atomic E-state index is 0.482. The standard InChI is InChI=1S/C12H12Cl2N2.H2O4S/c13-12(14)7-9(3-6-11(12)16)8-1-4-10(15)5-2-8;1-5(2,3)4/h1-6H,7,15-16H2;(H2,1,2,3,4). The van der Waals surface area contributed by atoms with Crippen molar-refractivity contribution in [2.24, 2.45) is 5.73 Å². The summed E-state index contributed by atoms with van der Waals surface area (Å²) in [7, 11) is -4.67. The van der Waals surface area contributed by atoms with Crippen LogP contribution in [-0.2, 0) is 10.4 Å². The van der Waals surface area contributed by atoms with Crippen molar-refractivity contribution >= 4 is 44.9 Å². The fourth-order valence-corrected chi connectivity index (χ4v) is 2.02. The Labute approximate surface area is 132 Å². The maximum atomic E-state index is 8.74. The van der Waals surface area contributed by atoms with Crippen LogP contribution in [0, 0.1) is 0 Å². The smallest absolute Gasteiger partial charge is 0.394 e. The van der Waals surface area contributed by atoms with Gasteiger partial charge in [0.25, 0.3) is 0 Å². The molecule has 0 unspecified atom stereocenters. The zero-order valence-corrected chi connectivity index (χ0v) is 13.0. The van der Waals surface area contributed by atoms with Crippen molar-refractivity contribution in [2.45, 2.75) is 10.8 Å². The maximum absolute atomic E-state index is 8.74. The minimum atomic E-state index is -4.67. The van der Waals surface area contributed by atoms with Gasteiger partial charge in [-0.3, -0.25) is 9.11 Å². The van der Waals surface area contributed by atoms with E-state index in [1.165, 1.54) is 0 Å².